The third-order valence-electron chi connectivity index (χ3n) is 4.62. The summed E-state index contributed by atoms with van der Waals surface area (Å²) in [5.74, 6) is -0.280. The van der Waals surface area contributed by atoms with Gasteiger partial charge in [-0.05, 0) is 67.9 Å². The lowest BCUT2D eigenvalue weighted by Gasteiger charge is -2.25. The molecule has 0 aromatic heterocycles. The molecule has 162 valence electrons. The number of hydrogen-bond donors (Lipinski definition) is 1. The van der Waals surface area contributed by atoms with Crippen LogP contribution in [0.1, 0.15) is 11.1 Å². The van der Waals surface area contributed by atoms with Crippen molar-refractivity contribution in [2.45, 2.75) is 18.7 Å². The number of anilines is 2. The minimum atomic E-state index is -4.12. The number of halogens is 1. The molecule has 0 aliphatic carbocycles. The molecule has 8 heteroatoms. The Kier molecular flexibility index (Phi) is 6.87. The second kappa shape index (κ2) is 9.41. The van der Waals surface area contributed by atoms with Crippen LogP contribution in [-0.4, -0.2) is 28.0 Å². The molecule has 0 spiro atoms. The fraction of sp³-hybridized carbons (Fsp3) is 0.174. The van der Waals surface area contributed by atoms with Gasteiger partial charge in [0.05, 0.1) is 12.8 Å². The van der Waals surface area contributed by atoms with Gasteiger partial charge >= 0.3 is 0 Å². The Labute approximate surface area is 187 Å². The number of ether oxygens (including phenoxy) is 1. The van der Waals surface area contributed by atoms with Crippen molar-refractivity contribution >= 4 is 38.9 Å². The Balaban J connectivity index is 2.00. The standard InChI is InChI=1S/C23H23ClN2O4S/c1-16-4-9-19(10-5-16)25-23(27)15-26(20-11-7-18(24)8-12-20)31(28,29)22-14-17(2)6-13-21(22)30-3/h4-14H,15H2,1-3H3,(H,25,27). The van der Waals surface area contributed by atoms with E-state index in [4.69, 9.17) is 16.3 Å². The molecule has 0 saturated carbocycles. The molecular formula is C23H23ClN2O4S. The molecule has 31 heavy (non-hydrogen) atoms. The molecule has 0 unspecified atom stereocenters. The number of methoxy groups -OCH3 is 1. The summed E-state index contributed by atoms with van der Waals surface area (Å²) in [5, 5.41) is 3.20. The maximum Gasteiger partial charge on any atom is 0.268 e. The van der Waals surface area contributed by atoms with Gasteiger partial charge in [-0.2, -0.15) is 0 Å². The average molecular weight is 459 g/mol. The molecular weight excluding hydrogens is 436 g/mol. The van der Waals surface area contributed by atoms with E-state index in [1.54, 1.807) is 55.5 Å². The van der Waals surface area contributed by atoms with Crippen LogP contribution in [0.4, 0.5) is 11.4 Å². The Hall–Kier alpha value is -3.03. The van der Waals surface area contributed by atoms with Gasteiger partial charge in [-0.1, -0.05) is 35.4 Å². The number of aryl methyl sites for hydroxylation is 2. The molecule has 0 saturated heterocycles. The van der Waals surface area contributed by atoms with E-state index in [9.17, 15) is 13.2 Å². The molecule has 0 radical (unpaired) electrons. The van der Waals surface area contributed by atoms with Crippen LogP contribution < -0.4 is 14.4 Å². The van der Waals surface area contributed by atoms with Gasteiger partial charge in [0.15, 0.2) is 0 Å². The Morgan fingerprint density at radius 3 is 2.19 bits per heavy atom. The third kappa shape index (κ3) is 5.37. The fourth-order valence-electron chi connectivity index (χ4n) is 2.99. The van der Waals surface area contributed by atoms with Crippen molar-refractivity contribution < 1.29 is 17.9 Å². The highest BCUT2D eigenvalue weighted by Gasteiger charge is 2.30. The Bertz CT molecular complexity index is 1180. The quantitative estimate of drug-likeness (QED) is 0.551. The third-order valence-corrected chi connectivity index (χ3v) is 6.67. The zero-order chi connectivity index (χ0) is 22.6. The average Bonchev–Trinajstić information content (AvgIpc) is 2.74. The first kappa shape index (κ1) is 22.7. The Morgan fingerprint density at radius 2 is 1.58 bits per heavy atom. The number of nitrogens with zero attached hydrogens (tertiary/aromatic N) is 1. The number of carbonyl (C=O) groups excluding carboxylic acids is 1. The summed E-state index contributed by atoms with van der Waals surface area (Å²) in [6.45, 7) is 3.31. The molecule has 3 rings (SSSR count). The van der Waals surface area contributed by atoms with E-state index in [1.165, 1.54) is 13.2 Å². The molecule has 0 bridgehead atoms. The lowest BCUT2D eigenvalue weighted by Crippen LogP contribution is -2.38. The van der Waals surface area contributed by atoms with Crippen molar-refractivity contribution in [2.75, 3.05) is 23.3 Å². The minimum Gasteiger partial charge on any atom is -0.495 e. The van der Waals surface area contributed by atoms with Gasteiger partial charge in [0.1, 0.15) is 17.2 Å². The van der Waals surface area contributed by atoms with Crippen LogP contribution in [0.3, 0.4) is 0 Å². The summed E-state index contributed by atoms with van der Waals surface area (Å²) in [7, 11) is -2.72. The van der Waals surface area contributed by atoms with Gasteiger partial charge in [-0.3, -0.25) is 9.10 Å². The number of benzene rings is 3. The first-order valence-corrected chi connectivity index (χ1v) is 11.3. The summed E-state index contributed by atoms with van der Waals surface area (Å²) >= 11 is 5.97. The van der Waals surface area contributed by atoms with Crippen molar-refractivity contribution in [3.63, 3.8) is 0 Å². The number of sulfonamides is 1. The molecule has 1 amide bonds. The fourth-order valence-corrected chi connectivity index (χ4v) is 4.78. The predicted molar refractivity (Wildman–Crippen MR) is 124 cm³/mol. The molecule has 1 N–H and O–H groups in total. The zero-order valence-electron chi connectivity index (χ0n) is 17.4. The van der Waals surface area contributed by atoms with Crippen molar-refractivity contribution in [2.24, 2.45) is 0 Å². The van der Waals surface area contributed by atoms with Crippen molar-refractivity contribution in [3.05, 3.63) is 82.9 Å². The molecule has 3 aromatic rings. The van der Waals surface area contributed by atoms with Gasteiger partial charge < -0.3 is 10.1 Å². The van der Waals surface area contributed by atoms with Crippen LogP contribution in [0, 0.1) is 13.8 Å². The Morgan fingerprint density at radius 1 is 0.968 bits per heavy atom. The molecule has 0 aliphatic heterocycles. The van der Waals surface area contributed by atoms with Gasteiger partial charge in [-0.15, -0.1) is 0 Å². The topological polar surface area (TPSA) is 75.7 Å². The number of carbonyl (C=O) groups is 1. The van der Waals surface area contributed by atoms with Crippen molar-refractivity contribution in [1.29, 1.82) is 0 Å². The lowest BCUT2D eigenvalue weighted by molar-refractivity contribution is -0.114. The number of hydrogen-bond acceptors (Lipinski definition) is 4. The monoisotopic (exact) mass is 458 g/mol. The lowest BCUT2D eigenvalue weighted by atomic mass is 10.2. The van der Waals surface area contributed by atoms with E-state index in [0.717, 1.165) is 15.4 Å². The summed E-state index contributed by atoms with van der Waals surface area (Å²) in [4.78, 5) is 12.8. The van der Waals surface area contributed by atoms with Crippen molar-refractivity contribution in [1.82, 2.24) is 0 Å². The summed E-state index contributed by atoms with van der Waals surface area (Å²) in [6.07, 6.45) is 0. The van der Waals surface area contributed by atoms with Crippen LogP contribution in [0.15, 0.2) is 71.6 Å². The SMILES string of the molecule is COc1ccc(C)cc1S(=O)(=O)N(CC(=O)Nc1ccc(C)cc1)c1ccc(Cl)cc1. The smallest absolute Gasteiger partial charge is 0.268 e. The molecule has 3 aromatic carbocycles. The molecule has 0 atom stereocenters. The van der Waals surface area contributed by atoms with Gasteiger partial charge in [-0.25, -0.2) is 8.42 Å². The van der Waals surface area contributed by atoms with E-state index in [1.807, 2.05) is 19.1 Å². The van der Waals surface area contributed by atoms with Crippen LogP contribution in [-0.2, 0) is 14.8 Å². The molecule has 0 aliphatic rings. The molecule has 0 fully saturated rings. The van der Waals surface area contributed by atoms with Gasteiger partial charge in [0, 0.05) is 10.7 Å². The largest absolute Gasteiger partial charge is 0.495 e. The second-order valence-electron chi connectivity index (χ2n) is 7.06. The second-order valence-corrected chi connectivity index (χ2v) is 9.32. The zero-order valence-corrected chi connectivity index (χ0v) is 19.0. The van der Waals surface area contributed by atoms with Crippen LogP contribution in [0.5, 0.6) is 5.75 Å². The van der Waals surface area contributed by atoms with Gasteiger partial charge in [0.2, 0.25) is 5.91 Å². The van der Waals surface area contributed by atoms with E-state index < -0.39 is 22.5 Å². The highest BCUT2D eigenvalue weighted by Crippen LogP contribution is 2.31. The van der Waals surface area contributed by atoms with Crippen LogP contribution in [0.2, 0.25) is 5.02 Å². The first-order chi connectivity index (χ1) is 14.7. The molecule has 0 heterocycles. The van der Waals surface area contributed by atoms with Crippen LogP contribution in [0.25, 0.3) is 0 Å². The predicted octanol–water partition coefficient (Wildman–Crippen LogP) is 4.80. The van der Waals surface area contributed by atoms with Gasteiger partial charge in [0.25, 0.3) is 10.0 Å². The molecule has 6 nitrogen and oxygen atoms in total. The highest BCUT2D eigenvalue weighted by atomic mass is 35.5. The normalized spacial score (nSPS) is 11.1. The number of rotatable bonds is 7. The first-order valence-electron chi connectivity index (χ1n) is 9.50. The minimum absolute atomic E-state index is 0.0203. The summed E-state index contributed by atoms with van der Waals surface area (Å²) in [6, 6.07) is 18.4. The van der Waals surface area contributed by atoms with E-state index >= 15 is 0 Å². The summed E-state index contributed by atoms with van der Waals surface area (Å²) < 4.78 is 33.6. The number of nitrogens with one attached hydrogen (secondary N) is 1. The van der Waals surface area contributed by atoms with Crippen LogP contribution >= 0.6 is 11.6 Å². The highest BCUT2D eigenvalue weighted by molar-refractivity contribution is 7.93. The van der Waals surface area contributed by atoms with Crippen molar-refractivity contribution in [3.8, 4) is 5.75 Å². The summed E-state index contributed by atoms with van der Waals surface area (Å²) in [5.41, 5.74) is 2.69. The number of amides is 1. The van der Waals surface area contributed by atoms with E-state index in [-0.39, 0.29) is 10.6 Å². The maximum absolute atomic E-state index is 13.6. The maximum atomic E-state index is 13.6. The van der Waals surface area contributed by atoms with E-state index in [2.05, 4.69) is 5.32 Å². The van der Waals surface area contributed by atoms with E-state index in [0.29, 0.717) is 16.4 Å².